The number of rotatable bonds is 4. The Kier molecular flexibility index (Phi) is 5.67. The first-order valence-corrected chi connectivity index (χ1v) is 10.6. The molecule has 1 aliphatic heterocycles. The molecule has 0 atom stereocenters. The minimum atomic E-state index is -0.295. The molecule has 0 spiro atoms. The van der Waals surface area contributed by atoms with Crippen LogP contribution in [0.3, 0.4) is 0 Å². The monoisotopic (exact) mass is 420 g/mol. The molecule has 31 heavy (non-hydrogen) atoms. The first-order chi connectivity index (χ1) is 14.8. The van der Waals surface area contributed by atoms with Crippen LogP contribution < -0.4 is 15.5 Å². The maximum Gasteiger partial charge on any atom is 0.298 e. The van der Waals surface area contributed by atoms with Crippen LogP contribution in [0.2, 0.25) is 0 Å². The largest absolute Gasteiger partial charge is 0.423 e. The van der Waals surface area contributed by atoms with Gasteiger partial charge in [0.15, 0.2) is 5.58 Å². The van der Waals surface area contributed by atoms with Crippen molar-refractivity contribution in [3.8, 4) is 0 Å². The maximum atomic E-state index is 12.7. The molecule has 0 radical (unpaired) electrons. The second-order valence-corrected chi connectivity index (χ2v) is 9.00. The lowest BCUT2D eigenvalue weighted by Gasteiger charge is -2.30. The molecule has 4 rings (SSSR count). The van der Waals surface area contributed by atoms with Crippen molar-refractivity contribution < 1.29 is 14.0 Å². The van der Waals surface area contributed by atoms with E-state index < -0.39 is 0 Å². The third kappa shape index (κ3) is 5.05. The van der Waals surface area contributed by atoms with Crippen LogP contribution in [-0.4, -0.2) is 35.4 Å². The normalized spacial score (nSPS) is 15.1. The van der Waals surface area contributed by atoms with Crippen LogP contribution in [0.5, 0.6) is 0 Å². The molecule has 1 fully saturated rings. The number of fused-ring (bicyclic) bond motifs is 1. The third-order valence-corrected chi connectivity index (χ3v) is 5.32. The van der Waals surface area contributed by atoms with E-state index in [4.69, 9.17) is 4.42 Å². The Morgan fingerprint density at radius 1 is 1.03 bits per heavy atom. The summed E-state index contributed by atoms with van der Waals surface area (Å²) in [5.41, 5.74) is 2.59. The number of nitrogens with one attached hydrogen (secondary N) is 2. The van der Waals surface area contributed by atoms with Gasteiger partial charge in [-0.1, -0.05) is 12.1 Å². The van der Waals surface area contributed by atoms with E-state index in [-0.39, 0.29) is 23.3 Å². The first kappa shape index (κ1) is 20.9. The van der Waals surface area contributed by atoms with Gasteiger partial charge in [0.2, 0.25) is 5.91 Å². The third-order valence-electron chi connectivity index (χ3n) is 5.32. The fourth-order valence-electron chi connectivity index (χ4n) is 3.69. The van der Waals surface area contributed by atoms with E-state index >= 15 is 0 Å². The Morgan fingerprint density at radius 2 is 1.71 bits per heavy atom. The van der Waals surface area contributed by atoms with Gasteiger partial charge in [-0.05, 0) is 70.0 Å². The van der Waals surface area contributed by atoms with E-state index in [0.717, 1.165) is 37.0 Å². The molecule has 2 N–H and O–H groups in total. The summed E-state index contributed by atoms with van der Waals surface area (Å²) in [5, 5.41) is 5.90. The van der Waals surface area contributed by atoms with Crippen molar-refractivity contribution in [2.75, 3.05) is 23.3 Å². The van der Waals surface area contributed by atoms with Gasteiger partial charge in [-0.3, -0.25) is 9.59 Å². The highest BCUT2D eigenvalue weighted by Crippen LogP contribution is 2.27. The van der Waals surface area contributed by atoms with Crippen LogP contribution in [-0.2, 0) is 4.79 Å². The molecule has 1 aliphatic rings. The van der Waals surface area contributed by atoms with Gasteiger partial charge in [-0.15, -0.1) is 0 Å². The molecular formula is C24H28N4O3. The molecule has 0 saturated carbocycles. The molecule has 3 aromatic rings. The summed E-state index contributed by atoms with van der Waals surface area (Å²) in [7, 11) is 0. The van der Waals surface area contributed by atoms with E-state index in [1.165, 1.54) is 0 Å². The predicted molar refractivity (Wildman–Crippen MR) is 121 cm³/mol. The highest BCUT2D eigenvalue weighted by Gasteiger charge is 2.27. The van der Waals surface area contributed by atoms with Crippen LogP contribution in [0.25, 0.3) is 11.1 Å². The van der Waals surface area contributed by atoms with Gasteiger partial charge in [-0.2, -0.15) is 4.98 Å². The lowest BCUT2D eigenvalue weighted by Crippen LogP contribution is -2.40. The number of para-hydroxylation sites is 2. The van der Waals surface area contributed by atoms with E-state index in [1.54, 1.807) is 24.3 Å². The summed E-state index contributed by atoms with van der Waals surface area (Å²) >= 11 is 0. The zero-order valence-corrected chi connectivity index (χ0v) is 18.1. The summed E-state index contributed by atoms with van der Waals surface area (Å²) < 4.78 is 5.84. The van der Waals surface area contributed by atoms with Crippen molar-refractivity contribution in [2.45, 2.75) is 39.2 Å². The highest BCUT2D eigenvalue weighted by atomic mass is 16.4. The number of hydrogen-bond acceptors (Lipinski definition) is 5. The molecule has 0 aliphatic carbocycles. The molecular weight excluding hydrogens is 392 g/mol. The Morgan fingerprint density at radius 3 is 2.35 bits per heavy atom. The first-order valence-electron chi connectivity index (χ1n) is 10.6. The van der Waals surface area contributed by atoms with Crippen molar-refractivity contribution >= 4 is 34.6 Å². The predicted octanol–water partition coefficient (Wildman–Crippen LogP) is 4.21. The maximum absolute atomic E-state index is 12.7. The van der Waals surface area contributed by atoms with Gasteiger partial charge in [0, 0.05) is 35.8 Å². The minimum absolute atomic E-state index is 0.00380. The summed E-state index contributed by atoms with van der Waals surface area (Å²) in [5.74, 6) is -0.189. The molecule has 2 aromatic carbocycles. The Bertz CT molecular complexity index is 1040. The molecule has 2 amide bonds. The van der Waals surface area contributed by atoms with Crippen LogP contribution in [0.4, 0.5) is 11.7 Å². The fraction of sp³-hybridized carbons (Fsp3) is 0.375. The number of anilines is 2. The molecule has 2 heterocycles. The van der Waals surface area contributed by atoms with Crippen molar-refractivity contribution in [1.82, 2.24) is 10.3 Å². The summed E-state index contributed by atoms with van der Waals surface area (Å²) in [4.78, 5) is 31.6. The molecule has 7 nitrogen and oxygen atoms in total. The van der Waals surface area contributed by atoms with Gasteiger partial charge < -0.3 is 20.0 Å². The van der Waals surface area contributed by atoms with Crippen molar-refractivity contribution in [1.29, 1.82) is 0 Å². The van der Waals surface area contributed by atoms with Gasteiger partial charge in [0.05, 0.1) is 0 Å². The zero-order valence-electron chi connectivity index (χ0n) is 18.1. The van der Waals surface area contributed by atoms with Gasteiger partial charge >= 0.3 is 0 Å². The van der Waals surface area contributed by atoms with Crippen LogP contribution >= 0.6 is 0 Å². The van der Waals surface area contributed by atoms with Crippen molar-refractivity contribution in [3.63, 3.8) is 0 Å². The molecule has 0 unspecified atom stereocenters. The second kappa shape index (κ2) is 8.41. The molecule has 162 valence electrons. The number of hydrogen-bond donors (Lipinski definition) is 2. The average molecular weight is 421 g/mol. The summed E-state index contributed by atoms with van der Waals surface area (Å²) in [6, 6.07) is 15.3. The number of aromatic nitrogens is 1. The number of carbonyl (C=O) groups is 2. The van der Waals surface area contributed by atoms with Gasteiger partial charge in [-0.25, -0.2) is 0 Å². The van der Waals surface area contributed by atoms with Crippen molar-refractivity contribution in [2.24, 2.45) is 5.92 Å². The number of benzene rings is 2. The topological polar surface area (TPSA) is 87.5 Å². The number of oxazole rings is 1. The van der Waals surface area contributed by atoms with E-state index in [0.29, 0.717) is 17.3 Å². The molecule has 1 aromatic heterocycles. The average Bonchev–Trinajstić information content (AvgIpc) is 3.17. The lowest BCUT2D eigenvalue weighted by molar-refractivity contribution is -0.120. The minimum Gasteiger partial charge on any atom is -0.423 e. The molecule has 7 heteroatoms. The second-order valence-electron chi connectivity index (χ2n) is 9.00. The van der Waals surface area contributed by atoms with Crippen LogP contribution in [0.15, 0.2) is 52.9 Å². The van der Waals surface area contributed by atoms with Gasteiger partial charge in [0.1, 0.15) is 5.52 Å². The van der Waals surface area contributed by atoms with Crippen LogP contribution in [0, 0.1) is 5.92 Å². The smallest absolute Gasteiger partial charge is 0.298 e. The Labute approximate surface area is 181 Å². The summed E-state index contributed by atoms with van der Waals surface area (Å²) in [6.45, 7) is 7.26. The Hall–Kier alpha value is -3.35. The summed E-state index contributed by atoms with van der Waals surface area (Å²) in [6.07, 6.45) is 1.47. The van der Waals surface area contributed by atoms with Gasteiger partial charge in [0.25, 0.3) is 11.9 Å². The van der Waals surface area contributed by atoms with Crippen molar-refractivity contribution in [3.05, 3.63) is 54.1 Å². The standard InChI is InChI=1S/C24H28N4O3/c1-24(2,3)27-22(30)16-8-10-18(11-9-16)25-21(29)17-12-14-28(15-13-17)23-26-19-6-4-5-7-20(19)31-23/h4-11,17H,12-15H2,1-3H3,(H,25,29)(H,27,30). The molecule has 0 bridgehead atoms. The Balaban J connectivity index is 1.31. The number of nitrogens with zero attached hydrogens (tertiary/aromatic N) is 2. The number of piperidine rings is 1. The quantitative estimate of drug-likeness (QED) is 0.660. The van der Waals surface area contributed by atoms with E-state index in [1.807, 2.05) is 45.0 Å². The number of carbonyl (C=O) groups excluding carboxylic acids is 2. The highest BCUT2D eigenvalue weighted by molar-refractivity contribution is 5.96. The van der Waals surface area contributed by atoms with E-state index in [9.17, 15) is 9.59 Å². The number of amides is 2. The van der Waals surface area contributed by atoms with E-state index in [2.05, 4.69) is 20.5 Å². The molecule has 1 saturated heterocycles. The SMILES string of the molecule is CC(C)(C)NC(=O)c1ccc(NC(=O)C2CCN(c3nc4ccccc4o3)CC2)cc1. The zero-order chi connectivity index (χ0) is 22.0. The van der Waals surface area contributed by atoms with Crippen LogP contribution in [0.1, 0.15) is 44.0 Å². The fourth-order valence-corrected chi connectivity index (χ4v) is 3.69. The lowest BCUT2D eigenvalue weighted by atomic mass is 9.96.